The summed E-state index contributed by atoms with van der Waals surface area (Å²) in [5.41, 5.74) is 0.0170. The summed E-state index contributed by atoms with van der Waals surface area (Å²) in [7, 11) is 0. The largest absolute Gasteiger partial charge is 0.349 e. The molecule has 20 heavy (non-hydrogen) atoms. The van der Waals surface area contributed by atoms with Gasteiger partial charge in [-0.05, 0) is 0 Å². The molecule has 0 aliphatic carbocycles. The quantitative estimate of drug-likeness (QED) is 0.882. The topological polar surface area (TPSA) is 66.9 Å². The number of rotatable bonds is 4. The Kier molecular flexibility index (Phi) is 5.40. The molecule has 112 valence electrons. The van der Waals surface area contributed by atoms with Gasteiger partial charge in [0.1, 0.15) is 10.0 Å². The van der Waals surface area contributed by atoms with Gasteiger partial charge in [-0.15, -0.1) is 10.2 Å². The molecule has 0 aromatic carbocycles. The number of amides is 1. The maximum absolute atomic E-state index is 11.9. The Bertz CT molecular complexity index is 449. The van der Waals surface area contributed by atoms with Crippen molar-refractivity contribution in [3.05, 3.63) is 10.0 Å². The number of nitrogens with zero attached hydrogens (tertiary/aromatic N) is 2. The molecule has 1 aliphatic rings. The lowest BCUT2D eigenvalue weighted by Crippen LogP contribution is -2.41. The minimum absolute atomic E-state index is 0.0170. The van der Waals surface area contributed by atoms with Gasteiger partial charge in [-0.3, -0.25) is 4.79 Å². The lowest BCUT2D eigenvalue weighted by atomic mass is 9.98. The summed E-state index contributed by atoms with van der Waals surface area (Å²) in [6.07, 6.45) is 0.540. The molecule has 2 heterocycles. The highest BCUT2D eigenvalue weighted by atomic mass is 32.2. The van der Waals surface area contributed by atoms with Crippen molar-refractivity contribution in [1.82, 2.24) is 20.8 Å². The van der Waals surface area contributed by atoms with Crippen molar-refractivity contribution >= 4 is 29.0 Å². The van der Waals surface area contributed by atoms with Crippen LogP contribution in [0.4, 0.5) is 0 Å². The first-order valence-corrected chi connectivity index (χ1v) is 8.83. The molecule has 0 radical (unpaired) electrons. The first-order chi connectivity index (χ1) is 9.45. The summed E-state index contributed by atoms with van der Waals surface area (Å²) in [6.45, 7) is 7.81. The zero-order valence-electron chi connectivity index (χ0n) is 12.2. The molecule has 1 fully saturated rings. The van der Waals surface area contributed by atoms with Crippen LogP contribution in [0.25, 0.3) is 0 Å². The van der Waals surface area contributed by atoms with E-state index in [1.165, 1.54) is 0 Å². The molecular weight excluding hydrogens is 292 g/mol. The van der Waals surface area contributed by atoms with Crippen molar-refractivity contribution in [3.8, 4) is 0 Å². The van der Waals surface area contributed by atoms with E-state index >= 15 is 0 Å². The highest BCUT2D eigenvalue weighted by Gasteiger charge is 2.20. The van der Waals surface area contributed by atoms with Crippen LogP contribution in [-0.2, 0) is 16.8 Å². The summed E-state index contributed by atoms with van der Waals surface area (Å²) in [5.74, 6) is 2.23. The van der Waals surface area contributed by atoms with Crippen LogP contribution in [0.5, 0.6) is 0 Å². The fraction of sp³-hybridized carbons (Fsp3) is 0.769. The van der Waals surface area contributed by atoms with Gasteiger partial charge in [0, 0.05) is 35.9 Å². The highest BCUT2D eigenvalue weighted by molar-refractivity contribution is 7.99. The standard InChI is InChI=1S/C13H22N4OS2/c1-13(2,3)12-17-16-11(20-12)7-15-10(18)6-9-8-19-5-4-14-9/h9,14H,4-8H2,1-3H3,(H,15,18). The zero-order valence-corrected chi connectivity index (χ0v) is 13.9. The number of thioether (sulfide) groups is 1. The molecule has 1 aromatic rings. The summed E-state index contributed by atoms with van der Waals surface area (Å²) < 4.78 is 0. The third kappa shape index (κ3) is 4.71. The second-order valence-electron chi connectivity index (χ2n) is 5.96. The monoisotopic (exact) mass is 314 g/mol. The van der Waals surface area contributed by atoms with Crippen molar-refractivity contribution in [2.24, 2.45) is 0 Å². The van der Waals surface area contributed by atoms with E-state index in [1.807, 2.05) is 11.8 Å². The zero-order chi connectivity index (χ0) is 14.6. The lowest BCUT2D eigenvalue weighted by molar-refractivity contribution is -0.121. The van der Waals surface area contributed by atoms with Crippen molar-refractivity contribution < 1.29 is 4.79 Å². The lowest BCUT2D eigenvalue weighted by Gasteiger charge is -2.22. The first kappa shape index (κ1) is 15.7. The van der Waals surface area contributed by atoms with Gasteiger partial charge in [0.15, 0.2) is 0 Å². The van der Waals surface area contributed by atoms with Gasteiger partial charge in [-0.25, -0.2) is 0 Å². The summed E-state index contributed by atoms with van der Waals surface area (Å²) in [5, 5.41) is 16.5. The van der Waals surface area contributed by atoms with Crippen LogP contribution >= 0.6 is 23.1 Å². The van der Waals surface area contributed by atoms with Crippen LogP contribution in [0, 0.1) is 0 Å². The summed E-state index contributed by atoms with van der Waals surface area (Å²) >= 11 is 3.47. The van der Waals surface area contributed by atoms with Gasteiger partial charge in [0.25, 0.3) is 0 Å². The Morgan fingerprint density at radius 1 is 1.45 bits per heavy atom. The second-order valence-corrected chi connectivity index (χ2v) is 8.17. The van der Waals surface area contributed by atoms with Crippen LogP contribution in [0.2, 0.25) is 0 Å². The Labute approximate surface area is 128 Å². The molecule has 0 bridgehead atoms. The fourth-order valence-electron chi connectivity index (χ4n) is 1.85. The van der Waals surface area contributed by atoms with Crippen LogP contribution < -0.4 is 10.6 Å². The summed E-state index contributed by atoms with van der Waals surface area (Å²) in [6, 6.07) is 0.299. The molecule has 1 saturated heterocycles. The molecule has 1 amide bonds. The highest BCUT2D eigenvalue weighted by Crippen LogP contribution is 2.25. The number of nitrogens with one attached hydrogen (secondary N) is 2. The molecule has 2 rings (SSSR count). The predicted molar refractivity (Wildman–Crippen MR) is 84.2 cm³/mol. The molecular formula is C13H22N4OS2. The molecule has 5 nitrogen and oxygen atoms in total. The molecule has 1 unspecified atom stereocenters. The Balaban J connectivity index is 1.76. The summed E-state index contributed by atoms with van der Waals surface area (Å²) in [4.78, 5) is 11.9. The number of carbonyl (C=O) groups is 1. The Hall–Kier alpha value is -0.660. The van der Waals surface area contributed by atoms with E-state index in [0.717, 1.165) is 28.1 Å². The van der Waals surface area contributed by atoms with Gasteiger partial charge in [0.2, 0.25) is 5.91 Å². The van der Waals surface area contributed by atoms with Crippen molar-refractivity contribution in [1.29, 1.82) is 0 Å². The number of carbonyl (C=O) groups excluding carboxylic acids is 1. The molecule has 0 saturated carbocycles. The molecule has 2 N–H and O–H groups in total. The number of hydrogen-bond donors (Lipinski definition) is 2. The van der Waals surface area contributed by atoms with Crippen molar-refractivity contribution in [2.45, 2.75) is 45.2 Å². The molecule has 0 spiro atoms. The van der Waals surface area contributed by atoms with Crippen molar-refractivity contribution in [3.63, 3.8) is 0 Å². The first-order valence-electron chi connectivity index (χ1n) is 6.86. The van der Waals surface area contributed by atoms with Gasteiger partial charge in [-0.2, -0.15) is 11.8 Å². The van der Waals surface area contributed by atoms with E-state index in [0.29, 0.717) is 19.0 Å². The average Bonchev–Trinajstić information content (AvgIpc) is 2.86. The predicted octanol–water partition coefficient (Wildman–Crippen LogP) is 1.55. The Morgan fingerprint density at radius 2 is 2.25 bits per heavy atom. The SMILES string of the molecule is CC(C)(C)c1nnc(CNC(=O)CC2CSCCN2)s1. The van der Waals surface area contributed by atoms with E-state index in [-0.39, 0.29) is 11.3 Å². The van der Waals surface area contributed by atoms with Crippen molar-refractivity contribution in [2.75, 3.05) is 18.1 Å². The van der Waals surface area contributed by atoms with E-state index < -0.39 is 0 Å². The molecule has 1 atom stereocenters. The Morgan fingerprint density at radius 3 is 2.85 bits per heavy atom. The molecule has 1 aliphatic heterocycles. The van der Waals surface area contributed by atoms with E-state index in [1.54, 1.807) is 11.3 Å². The van der Waals surface area contributed by atoms with Gasteiger partial charge in [-0.1, -0.05) is 32.1 Å². The average molecular weight is 314 g/mol. The van der Waals surface area contributed by atoms with Crippen LogP contribution in [0.1, 0.15) is 37.2 Å². The van der Waals surface area contributed by atoms with Gasteiger partial charge >= 0.3 is 0 Å². The number of hydrogen-bond acceptors (Lipinski definition) is 6. The normalized spacial score (nSPS) is 19.9. The van der Waals surface area contributed by atoms with Crippen LogP contribution in [-0.4, -0.2) is 40.2 Å². The minimum Gasteiger partial charge on any atom is -0.349 e. The van der Waals surface area contributed by atoms with E-state index in [2.05, 4.69) is 41.6 Å². The van der Waals surface area contributed by atoms with Gasteiger partial charge < -0.3 is 10.6 Å². The third-order valence-corrected chi connectivity index (χ3v) is 5.46. The molecule has 7 heteroatoms. The number of aromatic nitrogens is 2. The van der Waals surface area contributed by atoms with Crippen LogP contribution in [0.3, 0.4) is 0 Å². The molecule has 1 aromatic heterocycles. The van der Waals surface area contributed by atoms with Gasteiger partial charge in [0.05, 0.1) is 6.54 Å². The minimum atomic E-state index is 0.0170. The van der Waals surface area contributed by atoms with E-state index in [9.17, 15) is 4.79 Å². The van der Waals surface area contributed by atoms with E-state index in [4.69, 9.17) is 0 Å². The van der Waals surface area contributed by atoms with Crippen LogP contribution in [0.15, 0.2) is 0 Å². The fourth-order valence-corrected chi connectivity index (χ4v) is 3.64. The second kappa shape index (κ2) is 6.87. The maximum Gasteiger partial charge on any atom is 0.221 e. The smallest absolute Gasteiger partial charge is 0.221 e. The maximum atomic E-state index is 11.9. The third-order valence-electron chi connectivity index (χ3n) is 2.98.